The Morgan fingerprint density at radius 1 is 1.10 bits per heavy atom. The maximum absolute atomic E-state index is 4.37. The molecule has 0 saturated carbocycles. The van der Waals surface area contributed by atoms with E-state index in [4.69, 9.17) is 0 Å². The van der Waals surface area contributed by atoms with E-state index in [2.05, 4.69) is 65.7 Å². The number of piperidine rings is 1. The zero-order valence-corrected chi connectivity index (χ0v) is 22.7. The maximum atomic E-state index is 4.37. The second-order valence-corrected chi connectivity index (χ2v) is 9.22. The molecule has 3 aliphatic heterocycles. The van der Waals surface area contributed by atoms with Gasteiger partial charge in [-0.15, -0.1) is 13.2 Å². The van der Waals surface area contributed by atoms with E-state index < -0.39 is 0 Å². The first-order valence-corrected chi connectivity index (χ1v) is 12.1. The molecule has 0 amide bonds. The summed E-state index contributed by atoms with van der Waals surface area (Å²) in [4.78, 5) is 8.04. The summed E-state index contributed by atoms with van der Waals surface area (Å²) in [6, 6.07) is 0.816. The molecule has 1 aliphatic carbocycles. The molecule has 1 radical (unpaired) electrons. The average Bonchev–Trinajstić information content (AvgIpc) is 3.12. The molecule has 0 N–H and O–H groups in total. The zero-order valence-electron chi connectivity index (χ0n) is 19.9. The number of unbranched alkanes of at least 4 members (excludes halogenated alkanes) is 1. The van der Waals surface area contributed by atoms with Gasteiger partial charge in [0.15, 0.2) is 0 Å². The Morgan fingerprint density at radius 2 is 1.90 bits per heavy atom. The van der Waals surface area contributed by atoms with Crippen LogP contribution in [0.4, 0.5) is 0 Å². The van der Waals surface area contributed by atoms with Gasteiger partial charge in [0, 0.05) is 83.7 Å². The number of piperazine rings is 1. The summed E-state index contributed by atoms with van der Waals surface area (Å²) >= 11 is 0. The van der Waals surface area contributed by atoms with Crippen molar-refractivity contribution in [1.29, 1.82) is 0 Å². The topological polar surface area (TPSA) is 9.72 Å². The second kappa shape index (κ2) is 13.9. The van der Waals surface area contributed by atoms with E-state index in [1.54, 1.807) is 0 Å². The molecule has 0 aromatic carbocycles. The minimum atomic E-state index is 0. The van der Waals surface area contributed by atoms with Crippen LogP contribution in [0.2, 0.25) is 0 Å². The minimum Gasteiger partial charge on any atom is -0.367 e. The number of rotatable bonds is 7. The predicted octanol–water partition coefficient (Wildman–Crippen LogP) is 5.40. The van der Waals surface area contributed by atoms with Crippen molar-refractivity contribution in [1.82, 2.24) is 14.7 Å². The third-order valence-electron chi connectivity index (χ3n) is 7.31. The van der Waals surface area contributed by atoms with Crippen LogP contribution in [-0.4, -0.2) is 66.6 Å². The van der Waals surface area contributed by atoms with Crippen molar-refractivity contribution in [3.63, 3.8) is 0 Å². The van der Waals surface area contributed by atoms with E-state index in [1.165, 1.54) is 101 Å². The van der Waals surface area contributed by atoms with Crippen molar-refractivity contribution < 1.29 is 32.7 Å². The van der Waals surface area contributed by atoms with Gasteiger partial charge in [-0.1, -0.05) is 30.9 Å². The van der Waals surface area contributed by atoms with Crippen LogP contribution in [0.3, 0.4) is 0 Å². The summed E-state index contributed by atoms with van der Waals surface area (Å²) in [5.41, 5.74) is 4.36. The zero-order chi connectivity index (χ0) is 21.3. The van der Waals surface area contributed by atoms with E-state index in [9.17, 15) is 0 Å². The van der Waals surface area contributed by atoms with Gasteiger partial charge >= 0.3 is 0 Å². The fraction of sp³-hybridized carbons (Fsp3) is 0.630. The van der Waals surface area contributed by atoms with Crippen LogP contribution >= 0.6 is 0 Å². The fourth-order valence-corrected chi connectivity index (χ4v) is 5.58. The third-order valence-corrected chi connectivity index (χ3v) is 7.31. The van der Waals surface area contributed by atoms with Gasteiger partial charge in [-0.2, -0.15) is 0 Å². The molecule has 2 saturated heterocycles. The number of allylic oxidation sites excluding steroid dienone is 4. The van der Waals surface area contributed by atoms with E-state index in [1.807, 2.05) is 0 Å². The number of hydrogen-bond acceptors (Lipinski definition) is 3. The molecule has 0 spiro atoms. The molecule has 0 aromatic rings. The molecule has 0 aromatic heterocycles. The normalized spacial score (nSPS) is 26.4. The van der Waals surface area contributed by atoms with Gasteiger partial charge in [0.05, 0.1) is 0 Å². The molecule has 3 nitrogen and oxygen atoms in total. The Balaban J connectivity index is 0.00000111. The second-order valence-electron chi connectivity index (χ2n) is 9.22. The first-order valence-electron chi connectivity index (χ1n) is 12.1. The molecule has 4 aliphatic rings. The minimum absolute atomic E-state index is 0. The van der Waals surface area contributed by atoms with E-state index >= 15 is 0 Å². The van der Waals surface area contributed by atoms with Crippen LogP contribution in [-0.2, 0) is 32.7 Å². The Kier molecular flexibility index (Phi) is 12.0. The van der Waals surface area contributed by atoms with Crippen molar-refractivity contribution in [2.45, 2.75) is 57.9 Å². The molecule has 169 valence electrons. The molecule has 4 rings (SSSR count). The standard InChI is InChI=1S/C25H39N3.C2H4.Y/c1-3-4-9-22-12-13-24-20-26(16-17-28(24)18-22)14-7-8-15-27-19-23-10-5-6-11-25(23)21(27)2;1-2;/h3-5,10,22,24H,2,6-9,11-20H2,1H3;1-2H2;/b4-3-;;. The summed E-state index contributed by atoms with van der Waals surface area (Å²) in [7, 11) is 0. The smallest absolute Gasteiger partial charge is 0.0432 e. The quantitative estimate of drug-likeness (QED) is 0.344. The molecule has 2 unspecified atom stereocenters. The largest absolute Gasteiger partial charge is 0.367 e. The first-order chi connectivity index (χ1) is 14.7. The molecule has 4 heteroatoms. The summed E-state index contributed by atoms with van der Waals surface area (Å²) in [5.74, 6) is 0.891. The van der Waals surface area contributed by atoms with Crippen LogP contribution in [0.25, 0.3) is 0 Å². The van der Waals surface area contributed by atoms with Gasteiger partial charge in [-0.05, 0) is 75.5 Å². The van der Waals surface area contributed by atoms with Crippen LogP contribution in [0.15, 0.2) is 60.9 Å². The molecular formula is C27H43N3Y. The maximum Gasteiger partial charge on any atom is 0.0432 e. The van der Waals surface area contributed by atoms with Gasteiger partial charge in [-0.3, -0.25) is 4.90 Å². The number of hydrogen-bond donors (Lipinski definition) is 0. The predicted molar refractivity (Wildman–Crippen MR) is 131 cm³/mol. The Bertz CT molecular complexity index is 665. The molecule has 2 fully saturated rings. The van der Waals surface area contributed by atoms with Crippen LogP contribution in [0.1, 0.15) is 51.9 Å². The molecular weight excluding hydrogens is 455 g/mol. The summed E-state index contributed by atoms with van der Waals surface area (Å²) in [5, 5.41) is 0. The van der Waals surface area contributed by atoms with Crippen molar-refractivity contribution in [2.24, 2.45) is 5.92 Å². The van der Waals surface area contributed by atoms with Crippen molar-refractivity contribution in [3.05, 3.63) is 60.9 Å². The van der Waals surface area contributed by atoms with Gasteiger partial charge in [0.25, 0.3) is 0 Å². The van der Waals surface area contributed by atoms with E-state index in [0.717, 1.165) is 18.5 Å². The van der Waals surface area contributed by atoms with Gasteiger partial charge < -0.3 is 9.80 Å². The van der Waals surface area contributed by atoms with Crippen molar-refractivity contribution >= 4 is 0 Å². The molecule has 3 heterocycles. The Hall–Kier alpha value is -0.476. The van der Waals surface area contributed by atoms with Crippen molar-refractivity contribution in [2.75, 3.05) is 45.8 Å². The Labute approximate surface area is 216 Å². The average molecular weight is 499 g/mol. The molecule has 0 bridgehead atoms. The number of nitrogens with zero attached hydrogens (tertiary/aromatic N) is 3. The SMILES string of the molecule is C=C.C=C1C2=C(C=CCC2)CN1CCCCN1CCN2CC(C/C=C\C)CCC2C1.[Y]. The third kappa shape index (κ3) is 7.25. The van der Waals surface area contributed by atoms with Crippen LogP contribution in [0, 0.1) is 5.92 Å². The molecule has 31 heavy (non-hydrogen) atoms. The van der Waals surface area contributed by atoms with E-state index in [0.29, 0.717) is 0 Å². The first kappa shape index (κ1) is 26.8. The van der Waals surface area contributed by atoms with E-state index in [-0.39, 0.29) is 32.7 Å². The summed E-state index contributed by atoms with van der Waals surface area (Å²) in [6.07, 6.45) is 18.3. The van der Waals surface area contributed by atoms with Crippen molar-refractivity contribution in [3.8, 4) is 0 Å². The molecule has 2 atom stereocenters. The Morgan fingerprint density at radius 3 is 2.68 bits per heavy atom. The fourth-order valence-electron chi connectivity index (χ4n) is 5.58. The van der Waals surface area contributed by atoms with Crippen LogP contribution < -0.4 is 0 Å². The van der Waals surface area contributed by atoms with Gasteiger partial charge in [0.2, 0.25) is 0 Å². The van der Waals surface area contributed by atoms with Gasteiger partial charge in [0.1, 0.15) is 0 Å². The summed E-state index contributed by atoms with van der Waals surface area (Å²) < 4.78 is 0. The summed E-state index contributed by atoms with van der Waals surface area (Å²) in [6.45, 7) is 21.2. The monoisotopic (exact) mass is 498 g/mol. The van der Waals surface area contributed by atoms with Crippen LogP contribution in [0.5, 0.6) is 0 Å². The number of fused-ring (bicyclic) bond motifs is 1. The van der Waals surface area contributed by atoms with Gasteiger partial charge in [-0.25, -0.2) is 0 Å².